The Morgan fingerprint density at radius 2 is 1.71 bits per heavy atom. The molecular formula is C28H34N2O4. The lowest BCUT2D eigenvalue weighted by Gasteiger charge is -2.28. The molecule has 1 saturated heterocycles. The molecule has 1 heterocycles. The smallest absolute Gasteiger partial charge is 0.295 e. The second-order valence-corrected chi connectivity index (χ2v) is 8.24. The number of ketones is 1. The van der Waals surface area contributed by atoms with Crippen molar-refractivity contribution in [1.29, 1.82) is 0 Å². The Balaban J connectivity index is 2.03. The molecule has 180 valence electrons. The number of aryl methyl sites for hydroxylation is 1. The molecule has 2 aromatic carbocycles. The van der Waals surface area contributed by atoms with Gasteiger partial charge in [-0.1, -0.05) is 57.7 Å². The number of hydrogen-bond acceptors (Lipinski definition) is 5. The maximum Gasteiger partial charge on any atom is 0.295 e. The maximum absolute atomic E-state index is 13.2. The summed E-state index contributed by atoms with van der Waals surface area (Å²) in [7, 11) is 0. The molecule has 0 radical (unpaired) electrons. The Bertz CT molecular complexity index is 1040. The predicted octanol–water partition coefficient (Wildman–Crippen LogP) is 4.58. The second kappa shape index (κ2) is 11.7. The Kier molecular flexibility index (Phi) is 8.66. The predicted molar refractivity (Wildman–Crippen MR) is 135 cm³/mol. The number of carbonyl (C=O) groups excluding carboxylic acids is 2. The van der Waals surface area contributed by atoms with E-state index in [1.54, 1.807) is 35.2 Å². The molecule has 0 bridgehead atoms. The molecule has 6 heteroatoms. The van der Waals surface area contributed by atoms with Crippen molar-refractivity contribution in [3.05, 3.63) is 83.4 Å². The molecule has 3 rings (SSSR count). The summed E-state index contributed by atoms with van der Waals surface area (Å²) >= 11 is 0. The summed E-state index contributed by atoms with van der Waals surface area (Å²) in [5, 5.41) is 11.2. The molecule has 1 atom stereocenters. The Hall–Kier alpha value is -3.38. The number of rotatable bonds is 11. The van der Waals surface area contributed by atoms with Crippen LogP contribution in [-0.2, 0) is 16.0 Å². The van der Waals surface area contributed by atoms with Crippen LogP contribution < -0.4 is 4.74 Å². The normalized spacial score (nSPS) is 17.4. The van der Waals surface area contributed by atoms with Gasteiger partial charge in [-0.2, -0.15) is 0 Å². The van der Waals surface area contributed by atoms with Crippen LogP contribution in [-0.4, -0.2) is 59.4 Å². The summed E-state index contributed by atoms with van der Waals surface area (Å²) in [6, 6.07) is 14.1. The number of ether oxygens (including phenoxy) is 1. The second-order valence-electron chi connectivity index (χ2n) is 8.24. The Morgan fingerprint density at radius 3 is 2.26 bits per heavy atom. The van der Waals surface area contributed by atoms with E-state index in [0.717, 1.165) is 25.1 Å². The highest BCUT2D eigenvalue weighted by Crippen LogP contribution is 2.39. The van der Waals surface area contributed by atoms with Crippen molar-refractivity contribution < 1.29 is 19.4 Å². The van der Waals surface area contributed by atoms with Crippen LogP contribution in [0.1, 0.15) is 43.5 Å². The number of likely N-dealkylation sites (tertiary alicyclic amines) is 1. The van der Waals surface area contributed by atoms with E-state index in [1.165, 1.54) is 5.56 Å². The van der Waals surface area contributed by atoms with Gasteiger partial charge < -0.3 is 19.6 Å². The molecule has 1 amide bonds. The lowest BCUT2D eigenvalue weighted by Crippen LogP contribution is -2.38. The first-order valence-corrected chi connectivity index (χ1v) is 11.9. The van der Waals surface area contributed by atoms with Gasteiger partial charge in [-0.3, -0.25) is 9.59 Å². The van der Waals surface area contributed by atoms with Crippen molar-refractivity contribution in [2.45, 2.75) is 33.2 Å². The van der Waals surface area contributed by atoms with Gasteiger partial charge in [-0.15, -0.1) is 0 Å². The van der Waals surface area contributed by atoms with Gasteiger partial charge in [-0.25, -0.2) is 0 Å². The van der Waals surface area contributed by atoms with E-state index in [9.17, 15) is 14.7 Å². The number of carbonyl (C=O) groups is 2. The van der Waals surface area contributed by atoms with Crippen molar-refractivity contribution in [2.75, 3.05) is 32.8 Å². The van der Waals surface area contributed by atoms with Gasteiger partial charge >= 0.3 is 0 Å². The summed E-state index contributed by atoms with van der Waals surface area (Å²) in [6.07, 6.45) is 2.54. The van der Waals surface area contributed by atoms with Crippen LogP contribution in [0.25, 0.3) is 5.76 Å². The van der Waals surface area contributed by atoms with Crippen LogP contribution >= 0.6 is 0 Å². The summed E-state index contributed by atoms with van der Waals surface area (Å²) in [5.74, 6) is -0.788. The average Bonchev–Trinajstić information content (AvgIpc) is 3.13. The zero-order valence-electron chi connectivity index (χ0n) is 20.3. The van der Waals surface area contributed by atoms with Gasteiger partial charge in [0.05, 0.1) is 11.6 Å². The fraction of sp³-hybridized carbons (Fsp3) is 0.357. The highest BCUT2D eigenvalue weighted by Gasteiger charge is 2.45. The van der Waals surface area contributed by atoms with E-state index in [-0.39, 0.29) is 11.3 Å². The van der Waals surface area contributed by atoms with Gasteiger partial charge in [-0.05, 0) is 54.9 Å². The summed E-state index contributed by atoms with van der Waals surface area (Å²) in [5.41, 5.74) is 2.55. The number of hydrogen-bond donors (Lipinski definition) is 1. The molecule has 2 aromatic rings. The van der Waals surface area contributed by atoms with Crippen molar-refractivity contribution in [1.82, 2.24) is 9.80 Å². The van der Waals surface area contributed by atoms with Gasteiger partial charge in [0.2, 0.25) is 0 Å². The first-order chi connectivity index (χ1) is 16.4. The molecule has 6 nitrogen and oxygen atoms in total. The van der Waals surface area contributed by atoms with E-state index in [4.69, 9.17) is 4.74 Å². The standard InChI is InChI=1S/C28H34N2O4/c1-5-19-34-23-15-13-22(14-16-23)26(31)24-25(21-11-9-20(6-2)10-12-21)30(28(33)27(24)32)18-17-29(7-3)8-4/h5,9-16,25,31H,1,6-8,17-19H2,2-4H3. The van der Waals surface area contributed by atoms with Gasteiger partial charge in [0.25, 0.3) is 11.7 Å². The van der Waals surface area contributed by atoms with Crippen molar-refractivity contribution >= 4 is 17.4 Å². The lowest BCUT2D eigenvalue weighted by molar-refractivity contribution is -0.140. The Morgan fingerprint density at radius 1 is 1.06 bits per heavy atom. The zero-order valence-corrected chi connectivity index (χ0v) is 20.3. The van der Waals surface area contributed by atoms with Crippen molar-refractivity contribution in [2.24, 2.45) is 0 Å². The van der Waals surface area contributed by atoms with E-state index >= 15 is 0 Å². The molecule has 0 aliphatic carbocycles. The van der Waals surface area contributed by atoms with E-state index in [0.29, 0.717) is 31.0 Å². The molecule has 1 unspecified atom stereocenters. The van der Waals surface area contributed by atoms with Crippen LogP contribution in [0.5, 0.6) is 5.75 Å². The Labute approximate surface area is 202 Å². The summed E-state index contributed by atoms with van der Waals surface area (Å²) in [4.78, 5) is 30.1. The SMILES string of the molecule is C=CCOc1ccc(C(O)=C2C(=O)C(=O)N(CCN(CC)CC)C2c2ccc(CC)cc2)cc1. The lowest BCUT2D eigenvalue weighted by atomic mass is 9.94. The summed E-state index contributed by atoms with van der Waals surface area (Å²) < 4.78 is 5.51. The number of Topliss-reactive ketones (excluding diaryl/α,β-unsaturated/α-hetero) is 1. The highest BCUT2D eigenvalue weighted by atomic mass is 16.5. The maximum atomic E-state index is 13.2. The minimum Gasteiger partial charge on any atom is -0.507 e. The minimum absolute atomic E-state index is 0.119. The summed E-state index contributed by atoms with van der Waals surface area (Å²) in [6.45, 7) is 13.0. The van der Waals surface area contributed by atoms with E-state index in [2.05, 4.69) is 32.3 Å². The fourth-order valence-electron chi connectivity index (χ4n) is 4.20. The van der Waals surface area contributed by atoms with Crippen molar-refractivity contribution in [3.63, 3.8) is 0 Å². The molecule has 1 fully saturated rings. The third-order valence-corrected chi connectivity index (χ3v) is 6.29. The molecule has 1 aliphatic heterocycles. The number of likely N-dealkylation sites (N-methyl/N-ethyl adjacent to an activating group) is 1. The molecule has 34 heavy (non-hydrogen) atoms. The average molecular weight is 463 g/mol. The third kappa shape index (κ3) is 5.39. The minimum atomic E-state index is -0.659. The number of nitrogens with zero attached hydrogens (tertiary/aromatic N) is 2. The molecule has 1 N–H and O–H groups in total. The number of amides is 1. The van der Waals surface area contributed by atoms with Crippen LogP contribution in [0.15, 0.2) is 66.8 Å². The quantitative estimate of drug-likeness (QED) is 0.229. The zero-order chi connectivity index (χ0) is 24.7. The first kappa shape index (κ1) is 25.2. The largest absolute Gasteiger partial charge is 0.507 e. The monoisotopic (exact) mass is 462 g/mol. The number of benzene rings is 2. The molecule has 0 aromatic heterocycles. The molecule has 0 spiro atoms. The van der Waals surface area contributed by atoms with Gasteiger partial charge in [0, 0.05) is 18.7 Å². The van der Waals surface area contributed by atoms with Crippen LogP contribution in [0.4, 0.5) is 0 Å². The fourth-order valence-corrected chi connectivity index (χ4v) is 4.20. The van der Waals surface area contributed by atoms with Crippen LogP contribution in [0.2, 0.25) is 0 Å². The highest BCUT2D eigenvalue weighted by molar-refractivity contribution is 6.46. The molecule has 1 aliphatic rings. The number of aliphatic hydroxyl groups is 1. The van der Waals surface area contributed by atoms with Crippen molar-refractivity contribution in [3.8, 4) is 5.75 Å². The van der Waals surface area contributed by atoms with Crippen LogP contribution in [0.3, 0.4) is 0 Å². The molecule has 0 saturated carbocycles. The first-order valence-electron chi connectivity index (χ1n) is 11.9. The molecular weight excluding hydrogens is 428 g/mol. The third-order valence-electron chi connectivity index (χ3n) is 6.29. The van der Waals surface area contributed by atoms with Crippen LogP contribution in [0, 0.1) is 0 Å². The van der Waals surface area contributed by atoms with Gasteiger partial charge in [0.1, 0.15) is 18.1 Å². The van der Waals surface area contributed by atoms with E-state index in [1.807, 2.05) is 24.3 Å². The number of aliphatic hydroxyl groups excluding tert-OH is 1. The van der Waals surface area contributed by atoms with E-state index < -0.39 is 17.7 Å². The van der Waals surface area contributed by atoms with Gasteiger partial charge in [0.15, 0.2) is 0 Å². The topological polar surface area (TPSA) is 70.1 Å².